The van der Waals surface area contributed by atoms with Crippen molar-refractivity contribution in [2.75, 3.05) is 5.32 Å². The fourth-order valence-electron chi connectivity index (χ4n) is 5.00. The fourth-order valence-corrected chi connectivity index (χ4v) is 5.00. The SMILES string of the molecule is O=C(Cc1ccccc1)Nc1cncc(-c2ccc3[nH]nc(-c4nc5c(-c6cccc(F)c6)nccc5[nH]4)c3c2F)c1. The zero-order chi connectivity index (χ0) is 28.6. The molecule has 0 fully saturated rings. The number of hydrogen-bond acceptors (Lipinski definition) is 5. The largest absolute Gasteiger partial charge is 0.336 e. The molecule has 0 radical (unpaired) electrons. The van der Waals surface area contributed by atoms with Crippen LogP contribution in [0.3, 0.4) is 0 Å². The summed E-state index contributed by atoms with van der Waals surface area (Å²) in [6.45, 7) is 0. The Balaban J connectivity index is 1.25. The highest BCUT2D eigenvalue weighted by molar-refractivity contribution is 5.98. The number of aromatic nitrogens is 6. The van der Waals surface area contributed by atoms with Crippen molar-refractivity contribution in [3.05, 3.63) is 115 Å². The van der Waals surface area contributed by atoms with Gasteiger partial charge in [-0.15, -0.1) is 0 Å². The number of amides is 1. The van der Waals surface area contributed by atoms with Crippen LogP contribution in [0.25, 0.3) is 55.8 Å². The van der Waals surface area contributed by atoms with Gasteiger partial charge in [-0.3, -0.25) is 19.9 Å². The van der Waals surface area contributed by atoms with E-state index in [1.54, 1.807) is 42.6 Å². The van der Waals surface area contributed by atoms with Gasteiger partial charge in [0.25, 0.3) is 0 Å². The minimum Gasteiger partial charge on any atom is -0.336 e. The summed E-state index contributed by atoms with van der Waals surface area (Å²) in [5, 5.41) is 10.3. The van der Waals surface area contributed by atoms with Crippen molar-refractivity contribution in [3.8, 4) is 33.9 Å². The van der Waals surface area contributed by atoms with E-state index in [1.165, 1.54) is 24.5 Å². The number of anilines is 1. The second-order valence-electron chi connectivity index (χ2n) is 9.75. The molecule has 3 N–H and O–H groups in total. The molecule has 0 atom stereocenters. The fraction of sp³-hybridized carbons (Fsp3) is 0.0312. The van der Waals surface area contributed by atoms with E-state index in [-0.39, 0.29) is 34.8 Å². The monoisotopic (exact) mass is 557 g/mol. The van der Waals surface area contributed by atoms with Crippen molar-refractivity contribution in [2.24, 2.45) is 0 Å². The van der Waals surface area contributed by atoms with Gasteiger partial charge < -0.3 is 10.3 Å². The molecule has 0 aliphatic heterocycles. The molecule has 0 aliphatic rings. The molecular formula is C32H21F2N7O. The molecule has 8 nitrogen and oxygen atoms in total. The van der Waals surface area contributed by atoms with E-state index >= 15 is 4.39 Å². The topological polar surface area (TPSA) is 112 Å². The van der Waals surface area contributed by atoms with Crippen LogP contribution in [0.2, 0.25) is 0 Å². The van der Waals surface area contributed by atoms with Gasteiger partial charge in [-0.2, -0.15) is 5.10 Å². The van der Waals surface area contributed by atoms with Crippen molar-refractivity contribution in [1.29, 1.82) is 0 Å². The highest BCUT2D eigenvalue weighted by atomic mass is 19.1. The standard InChI is InChI=1S/C32H21F2N7O/c33-21-8-4-7-19(14-21)29-30-25(11-12-36-29)38-32(39-30)31-27-24(40-41-31)10-9-23(28(27)34)20-15-22(17-35-16-20)37-26(42)13-18-5-2-1-3-6-18/h1-12,14-17H,13H2,(H,37,42)(H,38,39)(H,40,41). The Hall–Kier alpha value is -5.77. The number of benzene rings is 3. The van der Waals surface area contributed by atoms with Crippen LogP contribution in [0.1, 0.15) is 5.56 Å². The second-order valence-corrected chi connectivity index (χ2v) is 9.75. The molecule has 10 heteroatoms. The summed E-state index contributed by atoms with van der Waals surface area (Å²) in [6.07, 6.45) is 4.86. The molecule has 42 heavy (non-hydrogen) atoms. The molecule has 0 unspecified atom stereocenters. The third-order valence-corrected chi connectivity index (χ3v) is 6.93. The Bertz CT molecular complexity index is 2100. The Labute approximate surface area is 237 Å². The maximum Gasteiger partial charge on any atom is 0.228 e. The van der Waals surface area contributed by atoms with E-state index in [1.807, 2.05) is 30.3 Å². The molecule has 4 heterocycles. The molecule has 204 valence electrons. The molecule has 7 rings (SSSR count). The number of carbonyl (C=O) groups excluding carboxylic acids is 1. The van der Waals surface area contributed by atoms with E-state index in [0.717, 1.165) is 5.56 Å². The van der Waals surface area contributed by atoms with Crippen molar-refractivity contribution >= 4 is 33.5 Å². The summed E-state index contributed by atoms with van der Waals surface area (Å²) in [4.78, 5) is 29.1. The second kappa shape index (κ2) is 10.3. The lowest BCUT2D eigenvalue weighted by Crippen LogP contribution is -2.14. The van der Waals surface area contributed by atoms with Crippen LogP contribution in [0.15, 0.2) is 97.5 Å². The molecule has 0 saturated carbocycles. The van der Waals surface area contributed by atoms with Crippen LogP contribution < -0.4 is 5.32 Å². The van der Waals surface area contributed by atoms with Crippen molar-refractivity contribution < 1.29 is 13.6 Å². The Kier molecular flexibility index (Phi) is 6.20. The number of nitrogens with one attached hydrogen (secondary N) is 3. The maximum absolute atomic E-state index is 16.2. The molecule has 0 spiro atoms. The number of nitrogens with zero attached hydrogens (tertiary/aromatic N) is 4. The van der Waals surface area contributed by atoms with Gasteiger partial charge in [0.1, 0.15) is 22.8 Å². The number of carbonyl (C=O) groups is 1. The quantitative estimate of drug-likeness (QED) is 0.211. The Morgan fingerprint density at radius 2 is 1.74 bits per heavy atom. The van der Waals surface area contributed by atoms with Crippen LogP contribution in [-0.4, -0.2) is 36.0 Å². The third-order valence-electron chi connectivity index (χ3n) is 6.93. The van der Waals surface area contributed by atoms with Gasteiger partial charge in [-0.1, -0.05) is 42.5 Å². The predicted molar refractivity (Wildman–Crippen MR) is 156 cm³/mol. The predicted octanol–water partition coefficient (Wildman–Crippen LogP) is 6.69. The summed E-state index contributed by atoms with van der Waals surface area (Å²) in [5.41, 5.74) is 5.10. The first kappa shape index (κ1) is 25.2. The number of aromatic amines is 2. The van der Waals surface area contributed by atoms with Crippen molar-refractivity contribution in [1.82, 2.24) is 30.1 Å². The normalized spacial score (nSPS) is 11.3. The first-order valence-electron chi connectivity index (χ1n) is 13.1. The summed E-state index contributed by atoms with van der Waals surface area (Å²) in [7, 11) is 0. The molecule has 7 aromatic rings. The number of H-pyrrole nitrogens is 2. The van der Waals surface area contributed by atoms with Gasteiger partial charge in [0.05, 0.1) is 40.4 Å². The Morgan fingerprint density at radius 1 is 0.857 bits per heavy atom. The van der Waals surface area contributed by atoms with Crippen LogP contribution >= 0.6 is 0 Å². The molecule has 0 aliphatic carbocycles. The van der Waals surface area contributed by atoms with Gasteiger partial charge in [-0.05, 0) is 42.0 Å². The molecule has 0 saturated heterocycles. The molecule has 3 aromatic carbocycles. The lowest BCUT2D eigenvalue weighted by Gasteiger charge is -2.09. The van der Waals surface area contributed by atoms with E-state index in [4.69, 9.17) is 0 Å². The average molecular weight is 558 g/mol. The van der Waals surface area contributed by atoms with Crippen LogP contribution in [0.4, 0.5) is 14.5 Å². The lowest BCUT2D eigenvalue weighted by atomic mass is 10.0. The number of hydrogen-bond donors (Lipinski definition) is 3. The summed E-state index contributed by atoms with van der Waals surface area (Å²) >= 11 is 0. The van der Waals surface area contributed by atoms with Crippen molar-refractivity contribution in [2.45, 2.75) is 6.42 Å². The maximum atomic E-state index is 16.2. The number of fused-ring (bicyclic) bond motifs is 2. The van der Waals surface area contributed by atoms with Crippen LogP contribution in [0.5, 0.6) is 0 Å². The van der Waals surface area contributed by atoms with E-state index in [0.29, 0.717) is 44.9 Å². The highest BCUT2D eigenvalue weighted by Gasteiger charge is 2.21. The van der Waals surface area contributed by atoms with Gasteiger partial charge in [0.15, 0.2) is 5.82 Å². The molecule has 4 aromatic heterocycles. The highest BCUT2D eigenvalue weighted by Crippen LogP contribution is 2.35. The lowest BCUT2D eigenvalue weighted by molar-refractivity contribution is -0.115. The molecule has 1 amide bonds. The third kappa shape index (κ3) is 4.64. The van der Waals surface area contributed by atoms with E-state index < -0.39 is 5.82 Å². The number of rotatable bonds is 6. The van der Waals surface area contributed by atoms with Crippen molar-refractivity contribution in [3.63, 3.8) is 0 Å². The summed E-state index contributed by atoms with van der Waals surface area (Å²) in [6, 6.07) is 22.3. The first-order chi connectivity index (χ1) is 20.5. The minimum atomic E-state index is -0.519. The summed E-state index contributed by atoms with van der Waals surface area (Å²) in [5.74, 6) is -0.776. The smallest absolute Gasteiger partial charge is 0.228 e. The van der Waals surface area contributed by atoms with Gasteiger partial charge in [0, 0.05) is 29.1 Å². The van der Waals surface area contributed by atoms with Gasteiger partial charge >= 0.3 is 0 Å². The first-order valence-corrected chi connectivity index (χ1v) is 13.1. The zero-order valence-electron chi connectivity index (χ0n) is 21.9. The molecular weight excluding hydrogens is 536 g/mol. The Morgan fingerprint density at radius 3 is 2.60 bits per heavy atom. The van der Waals surface area contributed by atoms with Crippen LogP contribution in [-0.2, 0) is 11.2 Å². The number of imidazole rings is 1. The van der Waals surface area contributed by atoms with E-state index in [2.05, 4.69) is 35.5 Å². The number of pyridine rings is 2. The summed E-state index contributed by atoms with van der Waals surface area (Å²) < 4.78 is 30.1. The molecule has 0 bridgehead atoms. The van der Waals surface area contributed by atoms with Gasteiger partial charge in [-0.25, -0.2) is 13.8 Å². The number of halogens is 2. The zero-order valence-corrected chi connectivity index (χ0v) is 21.9. The van der Waals surface area contributed by atoms with Gasteiger partial charge in [0.2, 0.25) is 5.91 Å². The minimum absolute atomic E-state index is 0.204. The van der Waals surface area contributed by atoms with Crippen LogP contribution in [0, 0.1) is 11.6 Å². The van der Waals surface area contributed by atoms with E-state index in [9.17, 15) is 9.18 Å². The average Bonchev–Trinajstić information content (AvgIpc) is 3.63.